The van der Waals surface area contributed by atoms with Crippen molar-refractivity contribution in [1.29, 1.82) is 0 Å². The predicted molar refractivity (Wildman–Crippen MR) is 104 cm³/mol. The Morgan fingerprint density at radius 1 is 1.30 bits per heavy atom. The minimum Gasteiger partial charge on any atom is -0.503 e. The van der Waals surface area contributed by atoms with Gasteiger partial charge in [0.05, 0.1) is 6.20 Å². The summed E-state index contributed by atoms with van der Waals surface area (Å²) >= 11 is 0. The van der Waals surface area contributed by atoms with Gasteiger partial charge in [0.25, 0.3) is 0 Å². The molecule has 0 spiro atoms. The zero-order chi connectivity index (χ0) is 19.6. The second-order valence-electron chi connectivity index (χ2n) is 7.95. The molecule has 0 aromatic heterocycles. The number of likely N-dealkylation sites (N-methyl/N-ethyl adjacent to an activating group) is 1. The average molecular weight is 371 g/mol. The first-order chi connectivity index (χ1) is 12.9. The van der Waals surface area contributed by atoms with Gasteiger partial charge in [-0.25, -0.2) is 5.43 Å². The number of nitrogens with zero attached hydrogens (tertiary/aromatic N) is 1. The van der Waals surface area contributed by atoms with Gasteiger partial charge in [0.2, 0.25) is 11.7 Å². The highest BCUT2D eigenvalue weighted by Crippen LogP contribution is 2.42. The van der Waals surface area contributed by atoms with Gasteiger partial charge in [0, 0.05) is 19.0 Å². The van der Waals surface area contributed by atoms with Crippen molar-refractivity contribution in [2.45, 2.75) is 56.9 Å². The lowest BCUT2D eigenvalue weighted by molar-refractivity contribution is -0.133. The maximum atomic E-state index is 12.1. The lowest BCUT2D eigenvalue weighted by atomic mass is 9.78. The van der Waals surface area contributed by atoms with Crippen LogP contribution in [0.4, 0.5) is 0 Å². The van der Waals surface area contributed by atoms with Crippen molar-refractivity contribution in [2.75, 3.05) is 13.6 Å². The monoisotopic (exact) mass is 371 g/mol. The normalized spacial score (nSPS) is 22.1. The van der Waals surface area contributed by atoms with Crippen LogP contribution in [0.25, 0.3) is 0 Å². The zero-order valence-electron chi connectivity index (χ0n) is 16.3. The Balaban J connectivity index is 1.86. The molecule has 1 aromatic carbocycles. The van der Waals surface area contributed by atoms with Crippen molar-refractivity contribution in [3.05, 3.63) is 47.4 Å². The quantitative estimate of drug-likeness (QED) is 0.693. The molecule has 27 heavy (non-hydrogen) atoms. The summed E-state index contributed by atoms with van der Waals surface area (Å²) in [5, 5.41) is 14.2. The van der Waals surface area contributed by atoms with Crippen LogP contribution in [0.15, 0.2) is 36.2 Å². The highest BCUT2D eigenvalue weighted by Gasteiger charge is 2.40. The molecule has 3 N–H and O–H groups in total. The number of rotatable bonds is 5. The third kappa shape index (κ3) is 3.86. The highest BCUT2D eigenvalue weighted by atomic mass is 16.3. The summed E-state index contributed by atoms with van der Waals surface area (Å²) in [6.07, 6.45) is 5.78. The standard InChI is InChI=1S/C21H29N3O3/c1-14(2)15-6-8-16(9-7-15)21(10-4-5-11-21)13-24-12-17(25)19(26)18(23-24)20(27)22-3/h6-9,12,14,18,23,25H,4-5,10-11,13H2,1-3H3,(H,22,27). The van der Waals surface area contributed by atoms with E-state index < -0.39 is 17.7 Å². The van der Waals surface area contributed by atoms with Crippen molar-refractivity contribution in [1.82, 2.24) is 15.8 Å². The van der Waals surface area contributed by atoms with Gasteiger partial charge in [-0.15, -0.1) is 0 Å². The third-order valence-electron chi connectivity index (χ3n) is 5.82. The van der Waals surface area contributed by atoms with E-state index in [1.54, 1.807) is 5.01 Å². The second-order valence-corrected chi connectivity index (χ2v) is 7.95. The SMILES string of the molecule is CNC(=O)C1NN(CC2(c3ccc(C(C)C)cc3)CCCC2)C=C(O)C1=O. The van der Waals surface area contributed by atoms with Gasteiger partial charge in [0.1, 0.15) is 0 Å². The highest BCUT2D eigenvalue weighted by molar-refractivity contribution is 6.12. The number of amides is 1. The van der Waals surface area contributed by atoms with Crippen LogP contribution in [0, 0.1) is 0 Å². The number of aliphatic hydroxyl groups excluding tert-OH is 1. The van der Waals surface area contributed by atoms with Crippen LogP contribution in [-0.2, 0) is 15.0 Å². The van der Waals surface area contributed by atoms with Crippen LogP contribution in [0.5, 0.6) is 0 Å². The molecule has 0 saturated heterocycles. The Labute approximate surface area is 160 Å². The first-order valence-corrected chi connectivity index (χ1v) is 9.66. The molecular formula is C21H29N3O3. The van der Waals surface area contributed by atoms with Gasteiger partial charge < -0.3 is 15.4 Å². The summed E-state index contributed by atoms with van der Waals surface area (Å²) in [5.74, 6) is -0.953. The van der Waals surface area contributed by atoms with Crippen molar-refractivity contribution in [3.63, 3.8) is 0 Å². The molecule has 1 aliphatic heterocycles. The number of hydrazine groups is 1. The van der Waals surface area contributed by atoms with E-state index in [2.05, 4.69) is 48.9 Å². The van der Waals surface area contributed by atoms with E-state index in [1.165, 1.54) is 24.4 Å². The molecule has 2 aliphatic rings. The Morgan fingerprint density at radius 2 is 1.93 bits per heavy atom. The molecular weight excluding hydrogens is 342 g/mol. The summed E-state index contributed by atoms with van der Waals surface area (Å²) in [7, 11) is 1.48. The molecule has 146 valence electrons. The number of Topliss-reactive ketones (excluding diaryl/α,β-unsaturated/α-hetero) is 1. The summed E-state index contributed by atoms with van der Waals surface area (Å²) < 4.78 is 0. The first kappa shape index (κ1) is 19.4. The molecule has 1 amide bonds. The molecule has 1 aromatic rings. The van der Waals surface area contributed by atoms with E-state index in [-0.39, 0.29) is 11.2 Å². The smallest absolute Gasteiger partial charge is 0.246 e. The Bertz CT molecular complexity index is 734. The van der Waals surface area contributed by atoms with Crippen molar-refractivity contribution >= 4 is 11.7 Å². The van der Waals surface area contributed by atoms with Crippen LogP contribution in [0.1, 0.15) is 56.6 Å². The van der Waals surface area contributed by atoms with Crippen LogP contribution in [0.2, 0.25) is 0 Å². The number of hydrogen-bond acceptors (Lipinski definition) is 5. The number of nitrogens with one attached hydrogen (secondary N) is 2. The topological polar surface area (TPSA) is 81.7 Å². The average Bonchev–Trinajstić information content (AvgIpc) is 3.13. The fourth-order valence-electron chi connectivity index (χ4n) is 4.17. The summed E-state index contributed by atoms with van der Waals surface area (Å²) in [5.41, 5.74) is 5.49. The van der Waals surface area contributed by atoms with Crippen LogP contribution < -0.4 is 10.7 Å². The van der Waals surface area contributed by atoms with Crippen LogP contribution in [0.3, 0.4) is 0 Å². The molecule has 3 rings (SSSR count). The van der Waals surface area contributed by atoms with E-state index in [9.17, 15) is 14.7 Å². The number of hydrogen-bond donors (Lipinski definition) is 3. The third-order valence-corrected chi connectivity index (χ3v) is 5.82. The fraction of sp³-hybridized carbons (Fsp3) is 0.524. The Morgan fingerprint density at radius 3 is 2.48 bits per heavy atom. The zero-order valence-corrected chi connectivity index (χ0v) is 16.3. The lowest BCUT2D eigenvalue weighted by Gasteiger charge is -2.38. The number of ketones is 1. The van der Waals surface area contributed by atoms with E-state index in [0.717, 1.165) is 25.7 Å². The van der Waals surface area contributed by atoms with Crippen molar-refractivity contribution in [2.24, 2.45) is 0 Å². The molecule has 1 atom stereocenters. The second kappa shape index (κ2) is 7.72. The molecule has 0 radical (unpaired) electrons. The number of benzene rings is 1. The van der Waals surface area contributed by atoms with Gasteiger partial charge >= 0.3 is 0 Å². The van der Waals surface area contributed by atoms with E-state index >= 15 is 0 Å². The Kier molecular flexibility index (Phi) is 5.56. The first-order valence-electron chi connectivity index (χ1n) is 9.66. The summed E-state index contributed by atoms with van der Waals surface area (Å²) in [6, 6.07) is 7.69. The molecule has 6 heteroatoms. The number of aliphatic hydroxyl groups is 1. The summed E-state index contributed by atoms with van der Waals surface area (Å²) in [6.45, 7) is 4.96. The van der Waals surface area contributed by atoms with Crippen molar-refractivity contribution in [3.8, 4) is 0 Å². The molecule has 0 bridgehead atoms. The summed E-state index contributed by atoms with van der Waals surface area (Å²) in [4.78, 5) is 24.1. The molecule has 1 aliphatic carbocycles. The van der Waals surface area contributed by atoms with Gasteiger partial charge in [-0.1, -0.05) is 51.0 Å². The molecule has 1 saturated carbocycles. The molecule has 6 nitrogen and oxygen atoms in total. The van der Waals surface area contributed by atoms with Crippen LogP contribution >= 0.6 is 0 Å². The molecule has 1 unspecified atom stereocenters. The van der Waals surface area contributed by atoms with E-state index in [1.807, 2.05) is 0 Å². The Hall–Kier alpha value is -2.34. The largest absolute Gasteiger partial charge is 0.503 e. The maximum absolute atomic E-state index is 12.1. The molecule has 1 fully saturated rings. The van der Waals surface area contributed by atoms with Crippen molar-refractivity contribution < 1.29 is 14.7 Å². The number of carbonyl (C=O) groups is 2. The van der Waals surface area contributed by atoms with Gasteiger partial charge in [-0.2, -0.15) is 0 Å². The predicted octanol–water partition coefficient (Wildman–Crippen LogP) is 2.53. The van der Waals surface area contributed by atoms with Gasteiger partial charge in [-0.3, -0.25) is 9.59 Å². The van der Waals surface area contributed by atoms with Crippen LogP contribution in [-0.4, -0.2) is 41.4 Å². The fourth-order valence-corrected chi connectivity index (χ4v) is 4.17. The molecule has 1 heterocycles. The van der Waals surface area contributed by atoms with E-state index in [4.69, 9.17) is 0 Å². The lowest BCUT2D eigenvalue weighted by Crippen LogP contribution is -2.59. The minimum absolute atomic E-state index is 0.0626. The van der Waals surface area contributed by atoms with E-state index in [0.29, 0.717) is 12.5 Å². The maximum Gasteiger partial charge on any atom is 0.246 e. The number of carbonyl (C=O) groups excluding carboxylic acids is 2. The van der Waals surface area contributed by atoms with Gasteiger partial charge in [-0.05, 0) is 29.9 Å². The minimum atomic E-state index is -1.10. The van der Waals surface area contributed by atoms with Gasteiger partial charge in [0.15, 0.2) is 11.8 Å².